The Morgan fingerprint density at radius 3 is 2.55 bits per heavy atom. The highest BCUT2D eigenvalue weighted by Gasteiger charge is 2.13. The Kier molecular flexibility index (Phi) is 7.23. The van der Waals surface area contributed by atoms with E-state index in [4.69, 9.17) is 9.15 Å². The SMILES string of the molecule is CCOc1ccc(-c2nnc(SCC(=O)NC(=O)NCc3ccccc3)o2)cc1. The first-order valence-corrected chi connectivity index (χ1v) is 9.93. The molecule has 0 aliphatic heterocycles. The number of thioether (sulfide) groups is 1. The summed E-state index contributed by atoms with van der Waals surface area (Å²) >= 11 is 1.05. The van der Waals surface area contributed by atoms with Gasteiger partial charge in [0.05, 0.1) is 12.4 Å². The standard InChI is InChI=1S/C20H20N4O4S/c1-2-27-16-10-8-15(9-11-16)18-23-24-20(28-18)29-13-17(25)22-19(26)21-12-14-6-4-3-5-7-14/h3-11H,2,12-13H2,1H3,(H2,21,22,25,26). The minimum atomic E-state index is -0.556. The van der Waals surface area contributed by atoms with Gasteiger partial charge in [0.25, 0.3) is 5.22 Å². The molecule has 2 N–H and O–H groups in total. The monoisotopic (exact) mass is 412 g/mol. The van der Waals surface area contributed by atoms with Crippen molar-refractivity contribution in [2.45, 2.75) is 18.7 Å². The Morgan fingerprint density at radius 2 is 1.83 bits per heavy atom. The molecule has 29 heavy (non-hydrogen) atoms. The fourth-order valence-electron chi connectivity index (χ4n) is 2.36. The summed E-state index contributed by atoms with van der Waals surface area (Å²) in [7, 11) is 0. The van der Waals surface area contributed by atoms with E-state index < -0.39 is 11.9 Å². The first kappa shape index (κ1) is 20.4. The second-order valence-electron chi connectivity index (χ2n) is 5.84. The van der Waals surface area contributed by atoms with E-state index in [1.54, 1.807) is 0 Å². The Hall–Kier alpha value is -3.33. The van der Waals surface area contributed by atoms with E-state index >= 15 is 0 Å². The zero-order valence-electron chi connectivity index (χ0n) is 15.8. The lowest BCUT2D eigenvalue weighted by Crippen LogP contribution is -2.39. The molecule has 3 aromatic rings. The van der Waals surface area contributed by atoms with Crippen molar-refractivity contribution in [2.24, 2.45) is 0 Å². The molecule has 0 aliphatic rings. The van der Waals surface area contributed by atoms with Crippen molar-refractivity contribution in [3.63, 3.8) is 0 Å². The van der Waals surface area contributed by atoms with Gasteiger partial charge in [0.2, 0.25) is 11.8 Å². The highest BCUT2D eigenvalue weighted by molar-refractivity contribution is 7.99. The lowest BCUT2D eigenvalue weighted by atomic mass is 10.2. The quantitative estimate of drug-likeness (QED) is 0.547. The van der Waals surface area contributed by atoms with E-state index in [9.17, 15) is 9.59 Å². The molecule has 150 valence electrons. The number of nitrogens with zero attached hydrogens (tertiary/aromatic N) is 2. The molecule has 1 heterocycles. The van der Waals surface area contributed by atoms with Crippen molar-refractivity contribution in [3.8, 4) is 17.2 Å². The summed E-state index contributed by atoms with van der Waals surface area (Å²) in [6.07, 6.45) is 0. The predicted molar refractivity (Wildman–Crippen MR) is 108 cm³/mol. The van der Waals surface area contributed by atoms with E-state index in [0.29, 0.717) is 19.0 Å². The van der Waals surface area contributed by atoms with Crippen LogP contribution < -0.4 is 15.4 Å². The highest BCUT2D eigenvalue weighted by Crippen LogP contribution is 2.24. The van der Waals surface area contributed by atoms with Crippen LogP contribution in [0.25, 0.3) is 11.5 Å². The van der Waals surface area contributed by atoms with Gasteiger partial charge in [-0.05, 0) is 36.8 Å². The minimum Gasteiger partial charge on any atom is -0.494 e. The molecule has 8 nitrogen and oxygen atoms in total. The molecule has 0 saturated carbocycles. The van der Waals surface area contributed by atoms with Gasteiger partial charge in [-0.25, -0.2) is 4.79 Å². The molecule has 0 atom stereocenters. The van der Waals surface area contributed by atoms with Gasteiger partial charge in [0.15, 0.2) is 0 Å². The molecule has 0 radical (unpaired) electrons. The Balaban J connectivity index is 1.44. The molecule has 2 aromatic carbocycles. The number of hydrogen-bond acceptors (Lipinski definition) is 7. The first-order valence-electron chi connectivity index (χ1n) is 8.95. The molecule has 3 amide bonds. The Bertz CT molecular complexity index is 945. The Morgan fingerprint density at radius 1 is 1.07 bits per heavy atom. The third-order valence-corrected chi connectivity index (χ3v) is 4.51. The van der Waals surface area contributed by atoms with Crippen LogP contribution in [0, 0.1) is 0 Å². The predicted octanol–water partition coefficient (Wildman–Crippen LogP) is 3.25. The van der Waals surface area contributed by atoms with Crippen molar-refractivity contribution in [1.82, 2.24) is 20.8 Å². The average molecular weight is 412 g/mol. The zero-order valence-corrected chi connectivity index (χ0v) is 16.6. The van der Waals surface area contributed by atoms with Gasteiger partial charge in [-0.15, -0.1) is 10.2 Å². The summed E-state index contributed by atoms with van der Waals surface area (Å²) in [6, 6.07) is 16.1. The van der Waals surface area contributed by atoms with E-state index in [-0.39, 0.29) is 11.0 Å². The number of carbonyl (C=O) groups excluding carboxylic acids is 2. The van der Waals surface area contributed by atoms with Crippen molar-refractivity contribution in [3.05, 3.63) is 60.2 Å². The molecule has 0 bridgehead atoms. The smallest absolute Gasteiger partial charge is 0.321 e. The van der Waals surface area contributed by atoms with Crippen LogP contribution >= 0.6 is 11.8 Å². The third kappa shape index (κ3) is 6.35. The maximum absolute atomic E-state index is 11.9. The third-order valence-electron chi connectivity index (χ3n) is 3.69. The van der Waals surface area contributed by atoms with Gasteiger partial charge in [-0.1, -0.05) is 42.1 Å². The number of urea groups is 1. The number of nitrogens with one attached hydrogen (secondary N) is 2. The average Bonchev–Trinajstić information content (AvgIpc) is 3.21. The first-order chi connectivity index (χ1) is 14.1. The molecular formula is C20H20N4O4S. The summed E-state index contributed by atoms with van der Waals surface area (Å²) in [4.78, 5) is 23.7. The van der Waals surface area contributed by atoms with Crippen molar-refractivity contribution in [1.29, 1.82) is 0 Å². The fraction of sp³-hybridized carbons (Fsp3) is 0.200. The van der Waals surface area contributed by atoms with Crippen molar-refractivity contribution < 1.29 is 18.7 Å². The molecular weight excluding hydrogens is 392 g/mol. The molecule has 1 aromatic heterocycles. The maximum atomic E-state index is 11.9. The minimum absolute atomic E-state index is 0.0241. The molecule has 9 heteroatoms. The number of benzene rings is 2. The van der Waals surface area contributed by atoms with Gasteiger partial charge in [-0.3, -0.25) is 10.1 Å². The van der Waals surface area contributed by atoms with Crippen LogP contribution in [0.3, 0.4) is 0 Å². The number of aromatic nitrogens is 2. The number of amides is 3. The highest BCUT2D eigenvalue weighted by atomic mass is 32.2. The normalized spacial score (nSPS) is 10.4. The number of hydrogen-bond donors (Lipinski definition) is 2. The summed E-state index contributed by atoms with van der Waals surface area (Å²) in [5.41, 5.74) is 1.69. The van der Waals surface area contributed by atoms with Crippen molar-refractivity contribution in [2.75, 3.05) is 12.4 Å². The number of carbonyl (C=O) groups is 2. The summed E-state index contributed by atoms with van der Waals surface area (Å²) in [6.45, 7) is 2.84. The van der Waals surface area contributed by atoms with Gasteiger partial charge < -0.3 is 14.5 Å². The van der Waals surface area contributed by atoms with Crippen LogP contribution in [0.15, 0.2) is 64.2 Å². The van der Waals surface area contributed by atoms with E-state index in [0.717, 1.165) is 28.6 Å². The number of imide groups is 1. The van der Waals surface area contributed by atoms with E-state index in [1.165, 1.54) is 0 Å². The van der Waals surface area contributed by atoms with Gasteiger partial charge >= 0.3 is 6.03 Å². The molecule has 0 unspecified atom stereocenters. The second-order valence-corrected chi connectivity index (χ2v) is 6.76. The summed E-state index contributed by atoms with van der Waals surface area (Å²) in [5, 5.41) is 13.0. The van der Waals surface area contributed by atoms with Crippen LogP contribution in [-0.4, -0.2) is 34.5 Å². The largest absolute Gasteiger partial charge is 0.494 e. The van der Waals surface area contributed by atoms with Crippen molar-refractivity contribution >= 4 is 23.7 Å². The molecule has 0 fully saturated rings. The second kappa shape index (κ2) is 10.3. The lowest BCUT2D eigenvalue weighted by molar-refractivity contribution is -0.117. The van der Waals surface area contributed by atoms with Gasteiger partial charge in [0.1, 0.15) is 5.75 Å². The zero-order chi connectivity index (χ0) is 20.5. The molecule has 3 rings (SSSR count). The van der Waals surface area contributed by atoms with Crippen LogP contribution in [0.1, 0.15) is 12.5 Å². The van der Waals surface area contributed by atoms with Crippen LogP contribution in [0.5, 0.6) is 5.75 Å². The van der Waals surface area contributed by atoms with Crippen LogP contribution in [0.4, 0.5) is 4.79 Å². The molecule has 0 saturated heterocycles. The van der Waals surface area contributed by atoms with Crippen LogP contribution in [-0.2, 0) is 11.3 Å². The van der Waals surface area contributed by atoms with E-state index in [2.05, 4.69) is 20.8 Å². The van der Waals surface area contributed by atoms with E-state index in [1.807, 2.05) is 61.5 Å². The van der Waals surface area contributed by atoms with Gasteiger partial charge in [0, 0.05) is 12.1 Å². The summed E-state index contributed by atoms with van der Waals surface area (Å²) < 4.78 is 10.9. The summed E-state index contributed by atoms with van der Waals surface area (Å²) in [5.74, 6) is 0.620. The lowest BCUT2D eigenvalue weighted by Gasteiger charge is -2.06. The fourth-order valence-corrected chi connectivity index (χ4v) is 2.92. The Labute approximate surface area is 172 Å². The van der Waals surface area contributed by atoms with Crippen LogP contribution in [0.2, 0.25) is 0 Å². The molecule has 0 spiro atoms. The number of rotatable bonds is 8. The number of ether oxygens (including phenoxy) is 1. The topological polar surface area (TPSA) is 106 Å². The maximum Gasteiger partial charge on any atom is 0.321 e. The van der Waals surface area contributed by atoms with Gasteiger partial charge in [-0.2, -0.15) is 0 Å². The molecule has 0 aliphatic carbocycles.